The van der Waals surface area contributed by atoms with E-state index in [-0.39, 0.29) is 11.9 Å². The van der Waals surface area contributed by atoms with Crippen LogP contribution >= 0.6 is 15.9 Å². The van der Waals surface area contributed by atoms with Crippen LogP contribution in [0.1, 0.15) is 27.7 Å². The van der Waals surface area contributed by atoms with Gasteiger partial charge in [-0.2, -0.15) is 0 Å². The van der Waals surface area contributed by atoms with Crippen LogP contribution < -0.4 is 0 Å². The Morgan fingerprint density at radius 3 is 2.33 bits per heavy atom. The maximum atomic E-state index is 11.1. The normalized spacial score (nSPS) is 10.5. The Hall–Kier alpha value is -0.490. The van der Waals surface area contributed by atoms with Gasteiger partial charge in [-0.1, -0.05) is 35.7 Å². The van der Waals surface area contributed by atoms with Gasteiger partial charge in [0, 0.05) is 5.92 Å². The SMILES string of the molecule is CC(C)C#COC(=O)C(C)(C)Br. The summed E-state index contributed by atoms with van der Waals surface area (Å²) in [5.74, 6) is 2.59. The molecule has 68 valence electrons. The number of carbonyl (C=O) groups is 1. The van der Waals surface area contributed by atoms with Gasteiger partial charge in [-0.15, -0.1) is 0 Å². The topological polar surface area (TPSA) is 26.3 Å². The molecule has 0 aliphatic carbocycles. The summed E-state index contributed by atoms with van der Waals surface area (Å²) in [5, 5.41) is 0. The van der Waals surface area contributed by atoms with Gasteiger partial charge in [0.2, 0.25) is 0 Å². The zero-order chi connectivity index (χ0) is 9.78. The van der Waals surface area contributed by atoms with Gasteiger partial charge in [0.25, 0.3) is 0 Å². The van der Waals surface area contributed by atoms with Gasteiger partial charge in [0.15, 0.2) is 0 Å². The largest absolute Gasteiger partial charge is 0.371 e. The van der Waals surface area contributed by atoms with Crippen LogP contribution in [-0.2, 0) is 9.53 Å². The third kappa shape index (κ3) is 5.20. The predicted molar refractivity (Wildman–Crippen MR) is 51.7 cm³/mol. The molecule has 0 aromatic heterocycles. The number of halogens is 1. The summed E-state index contributed by atoms with van der Waals surface area (Å²) >= 11 is 3.17. The van der Waals surface area contributed by atoms with Crippen molar-refractivity contribution in [3.05, 3.63) is 0 Å². The Bertz CT molecular complexity index is 215. The summed E-state index contributed by atoms with van der Waals surface area (Å²) in [6, 6.07) is 0. The van der Waals surface area contributed by atoms with E-state index in [1.807, 2.05) is 13.8 Å². The zero-order valence-corrected chi connectivity index (χ0v) is 9.36. The number of alkyl halides is 1. The lowest BCUT2D eigenvalue weighted by Gasteiger charge is -2.10. The minimum absolute atomic E-state index is 0.219. The number of rotatable bonds is 1. The van der Waals surface area contributed by atoms with E-state index < -0.39 is 4.32 Å². The molecule has 0 saturated heterocycles. The van der Waals surface area contributed by atoms with Crippen LogP contribution in [0.25, 0.3) is 0 Å². The first-order valence-corrected chi connectivity index (χ1v) is 4.54. The summed E-state index contributed by atoms with van der Waals surface area (Å²) in [5.41, 5.74) is 0. The Balaban J connectivity index is 3.99. The van der Waals surface area contributed by atoms with Gasteiger partial charge < -0.3 is 4.74 Å². The minimum Gasteiger partial charge on any atom is -0.371 e. The average Bonchev–Trinajstić information content (AvgIpc) is 1.84. The van der Waals surface area contributed by atoms with Crippen molar-refractivity contribution in [3.8, 4) is 12.0 Å². The molecule has 0 radical (unpaired) electrons. The second kappa shape index (κ2) is 4.51. The molecule has 12 heavy (non-hydrogen) atoms. The van der Waals surface area contributed by atoms with Crippen molar-refractivity contribution in [2.45, 2.75) is 32.0 Å². The smallest absolute Gasteiger partial charge is 0.336 e. The maximum absolute atomic E-state index is 11.1. The monoisotopic (exact) mass is 232 g/mol. The maximum Gasteiger partial charge on any atom is 0.336 e. The van der Waals surface area contributed by atoms with Crippen molar-refractivity contribution in [1.29, 1.82) is 0 Å². The predicted octanol–water partition coefficient (Wildman–Crippen LogP) is 2.32. The highest BCUT2D eigenvalue weighted by Gasteiger charge is 2.25. The molecule has 0 aromatic carbocycles. The molecule has 0 rings (SSSR count). The molecule has 0 aliphatic rings. The molecule has 0 spiro atoms. The lowest BCUT2D eigenvalue weighted by molar-refractivity contribution is -0.138. The summed E-state index contributed by atoms with van der Waals surface area (Å²) in [7, 11) is 0. The third-order valence-corrected chi connectivity index (χ3v) is 1.30. The van der Waals surface area contributed by atoms with Crippen LogP contribution in [0.3, 0.4) is 0 Å². The third-order valence-electron chi connectivity index (χ3n) is 0.977. The van der Waals surface area contributed by atoms with Gasteiger partial charge in [-0.05, 0) is 13.8 Å². The van der Waals surface area contributed by atoms with Gasteiger partial charge in [0.05, 0.1) is 0 Å². The molecule has 0 aliphatic heterocycles. The number of hydrogen-bond acceptors (Lipinski definition) is 2. The van der Waals surface area contributed by atoms with Crippen molar-refractivity contribution in [1.82, 2.24) is 0 Å². The van der Waals surface area contributed by atoms with Crippen molar-refractivity contribution in [2.75, 3.05) is 0 Å². The van der Waals surface area contributed by atoms with E-state index in [4.69, 9.17) is 0 Å². The van der Waals surface area contributed by atoms with Gasteiger partial charge in [-0.25, -0.2) is 4.79 Å². The molecule has 0 atom stereocenters. The van der Waals surface area contributed by atoms with Crippen molar-refractivity contribution in [2.24, 2.45) is 5.92 Å². The van der Waals surface area contributed by atoms with E-state index in [0.29, 0.717) is 0 Å². The first-order valence-electron chi connectivity index (χ1n) is 3.74. The highest BCUT2D eigenvalue weighted by molar-refractivity contribution is 9.10. The van der Waals surface area contributed by atoms with E-state index >= 15 is 0 Å². The molecule has 0 amide bonds. The molecular weight excluding hydrogens is 220 g/mol. The fourth-order valence-electron chi connectivity index (χ4n) is 0.315. The molecule has 0 bridgehead atoms. The van der Waals surface area contributed by atoms with Crippen molar-refractivity contribution in [3.63, 3.8) is 0 Å². The minimum atomic E-state index is -0.654. The highest BCUT2D eigenvalue weighted by atomic mass is 79.9. The summed E-state index contributed by atoms with van der Waals surface area (Å²) in [4.78, 5) is 11.1. The van der Waals surface area contributed by atoms with Crippen LogP contribution in [0, 0.1) is 17.9 Å². The van der Waals surface area contributed by atoms with E-state index in [1.54, 1.807) is 13.8 Å². The lowest BCUT2D eigenvalue weighted by Crippen LogP contribution is -2.24. The molecule has 0 N–H and O–H groups in total. The number of esters is 1. The average molecular weight is 233 g/mol. The van der Waals surface area contributed by atoms with E-state index in [1.165, 1.54) is 0 Å². The molecule has 2 nitrogen and oxygen atoms in total. The number of carbonyl (C=O) groups excluding carboxylic acids is 1. The van der Waals surface area contributed by atoms with Crippen LogP contribution in [-0.4, -0.2) is 10.3 Å². The van der Waals surface area contributed by atoms with Crippen LogP contribution in [0.2, 0.25) is 0 Å². The molecular formula is C9H13BrO2. The first kappa shape index (κ1) is 11.5. The molecule has 0 aromatic rings. The summed E-state index contributed by atoms with van der Waals surface area (Å²) in [6.45, 7) is 7.29. The second-order valence-corrected chi connectivity index (χ2v) is 5.25. The Morgan fingerprint density at radius 2 is 2.00 bits per heavy atom. The first-order chi connectivity index (χ1) is 5.34. The molecule has 0 fully saturated rings. The zero-order valence-electron chi connectivity index (χ0n) is 7.77. The molecule has 0 heterocycles. The van der Waals surface area contributed by atoms with Crippen LogP contribution in [0.5, 0.6) is 0 Å². The Labute approximate surface area is 81.8 Å². The van der Waals surface area contributed by atoms with Gasteiger partial charge >= 0.3 is 5.97 Å². The van der Waals surface area contributed by atoms with Crippen molar-refractivity contribution >= 4 is 21.9 Å². The molecule has 0 unspecified atom stereocenters. The Morgan fingerprint density at radius 1 is 1.50 bits per heavy atom. The Kier molecular flexibility index (Phi) is 4.33. The standard InChI is InChI=1S/C9H13BrO2/c1-7(2)5-6-12-8(11)9(3,4)10/h7H,1-4H3. The van der Waals surface area contributed by atoms with Crippen LogP contribution in [0.4, 0.5) is 0 Å². The molecule has 0 saturated carbocycles. The van der Waals surface area contributed by atoms with Gasteiger partial charge in [0.1, 0.15) is 10.4 Å². The summed E-state index contributed by atoms with van der Waals surface area (Å²) in [6.07, 6.45) is 2.36. The number of ether oxygens (including phenoxy) is 1. The molecule has 3 heteroatoms. The van der Waals surface area contributed by atoms with E-state index in [2.05, 4.69) is 32.7 Å². The highest BCUT2D eigenvalue weighted by Crippen LogP contribution is 2.16. The van der Waals surface area contributed by atoms with Crippen LogP contribution in [0.15, 0.2) is 0 Å². The van der Waals surface area contributed by atoms with Crippen molar-refractivity contribution < 1.29 is 9.53 Å². The van der Waals surface area contributed by atoms with E-state index in [9.17, 15) is 4.79 Å². The number of hydrogen-bond donors (Lipinski definition) is 0. The van der Waals surface area contributed by atoms with Gasteiger partial charge in [-0.3, -0.25) is 0 Å². The quantitative estimate of drug-likeness (QED) is 0.394. The lowest BCUT2D eigenvalue weighted by atomic mass is 10.2. The second-order valence-electron chi connectivity index (χ2n) is 3.26. The fourth-order valence-corrected chi connectivity index (χ4v) is 0.396. The fraction of sp³-hybridized carbons (Fsp3) is 0.667. The van der Waals surface area contributed by atoms with E-state index in [0.717, 1.165) is 0 Å². The summed E-state index contributed by atoms with van der Waals surface area (Å²) < 4.78 is 4.02.